The normalized spacial score (nSPS) is 12.2. The fraction of sp³-hybridized carbons (Fsp3) is 0.167. The van der Waals surface area contributed by atoms with Gasteiger partial charge < -0.3 is 25.0 Å². The minimum atomic E-state index is -1.27. The summed E-state index contributed by atoms with van der Waals surface area (Å²) in [4.78, 5) is 23.5. The summed E-state index contributed by atoms with van der Waals surface area (Å²) in [5.74, 6) is -1.00. The fourth-order valence-electron chi connectivity index (χ4n) is 2.54. The first-order valence-corrected chi connectivity index (χ1v) is 8.35. The van der Waals surface area contributed by atoms with Crippen LogP contribution in [0.2, 0.25) is 0 Å². The van der Waals surface area contributed by atoms with E-state index in [0.717, 1.165) is 0 Å². The van der Waals surface area contributed by atoms with Crippen LogP contribution in [0, 0.1) is 6.92 Å². The zero-order valence-electron chi connectivity index (χ0n) is 14.2. The highest BCUT2D eigenvalue weighted by atomic mass is 32.1. The molecule has 140 valence electrons. The molecule has 1 amide bonds. The van der Waals surface area contributed by atoms with Crippen molar-refractivity contribution in [3.63, 3.8) is 0 Å². The number of aromatic hydroxyl groups is 1. The summed E-state index contributed by atoms with van der Waals surface area (Å²) in [6, 6.07) is 7.53. The molecule has 0 aromatic heterocycles. The molecule has 9 heteroatoms. The van der Waals surface area contributed by atoms with E-state index in [4.69, 9.17) is 26.8 Å². The molecule has 0 spiro atoms. The van der Waals surface area contributed by atoms with Crippen LogP contribution in [0.25, 0.3) is 0 Å². The average molecular weight is 388 g/mol. The maximum atomic E-state index is 12.4. The summed E-state index contributed by atoms with van der Waals surface area (Å²) in [6.45, 7) is 2.42. The largest absolute Gasteiger partial charge is 0.507 e. The van der Waals surface area contributed by atoms with Gasteiger partial charge in [0.15, 0.2) is 16.6 Å². The summed E-state index contributed by atoms with van der Waals surface area (Å²) < 4.78 is 10.8. The van der Waals surface area contributed by atoms with E-state index in [0.29, 0.717) is 41.5 Å². The van der Waals surface area contributed by atoms with E-state index in [9.17, 15) is 14.7 Å². The molecular formula is C18H16N2O6S. The Balaban J connectivity index is 1.71. The average Bonchev–Trinajstić information content (AvgIpc) is 2.63. The van der Waals surface area contributed by atoms with Gasteiger partial charge in [-0.15, -0.1) is 0 Å². The van der Waals surface area contributed by atoms with Gasteiger partial charge in [-0.2, -0.15) is 0 Å². The number of carboxylic acids is 1. The minimum absolute atomic E-state index is 0.0173. The fourth-order valence-corrected chi connectivity index (χ4v) is 2.75. The highest BCUT2D eigenvalue weighted by Gasteiger charge is 2.17. The number of benzene rings is 2. The van der Waals surface area contributed by atoms with Crippen molar-refractivity contribution in [2.75, 3.05) is 18.5 Å². The van der Waals surface area contributed by atoms with Crippen molar-refractivity contribution in [3.05, 3.63) is 47.0 Å². The molecule has 0 radical (unpaired) electrons. The lowest BCUT2D eigenvalue weighted by atomic mass is 10.1. The molecule has 0 atom stereocenters. The molecule has 0 bridgehead atoms. The SMILES string of the molecule is Cc1cc(NC(=S)NC(=O)c2ccc3c(c2)OCCO3)cc(C(=O)O)c1O. The first-order valence-electron chi connectivity index (χ1n) is 7.94. The Morgan fingerprint density at radius 1 is 1.11 bits per heavy atom. The van der Waals surface area contributed by atoms with Gasteiger partial charge in [0.05, 0.1) is 0 Å². The number of ether oxygens (including phenoxy) is 2. The Bertz CT molecular complexity index is 944. The molecule has 0 saturated heterocycles. The number of anilines is 1. The summed E-state index contributed by atoms with van der Waals surface area (Å²) >= 11 is 5.11. The van der Waals surface area contributed by atoms with Crippen molar-refractivity contribution in [1.29, 1.82) is 0 Å². The summed E-state index contributed by atoms with van der Waals surface area (Å²) in [5.41, 5.74) is 0.753. The second kappa shape index (κ2) is 7.50. The van der Waals surface area contributed by atoms with Gasteiger partial charge in [0.1, 0.15) is 24.5 Å². The molecule has 4 N–H and O–H groups in total. The van der Waals surface area contributed by atoms with E-state index in [1.807, 2.05) is 0 Å². The molecule has 1 aliphatic heterocycles. The quantitative estimate of drug-likeness (QED) is 0.467. The topological polar surface area (TPSA) is 117 Å². The van der Waals surface area contributed by atoms with Gasteiger partial charge in [-0.05, 0) is 55.0 Å². The molecule has 2 aromatic carbocycles. The Kier molecular flexibility index (Phi) is 5.13. The molecule has 0 fully saturated rings. The number of fused-ring (bicyclic) bond motifs is 1. The first-order chi connectivity index (χ1) is 12.8. The standard InChI is InChI=1S/C18H16N2O6S/c1-9-6-11(8-12(15(9)21)17(23)24)19-18(27)20-16(22)10-2-3-13-14(7-10)26-5-4-25-13/h2-3,6-8,21H,4-5H2,1H3,(H,23,24)(H2,19,20,22,27). The van der Waals surface area contributed by atoms with Gasteiger partial charge in [-0.1, -0.05) is 0 Å². The van der Waals surface area contributed by atoms with Crippen LogP contribution >= 0.6 is 12.2 Å². The lowest BCUT2D eigenvalue weighted by Crippen LogP contribution is -2.34. The third-order valence-electron chi connectivity index (χ3n) is 3.82. The van der Waals surface area contributed by atoms with Crippen LogP contribution in [0.4, 0.5) is 5.69 Å². The number of hydrogen-bond donors (Lipinski definition) is 4. The molecule has 0 saturated carbocycles. The number of nitrogens with one attached hydrogen (secondary N) is 2. The van der Waals surface area contributed by atoms with Gasteiger partial charge in [-0.25, -0.2) is 4.79 Å². The molecule has 2 aromatic rings. The van der Waals surface area contributed by atoms with Crippen molar-refractivity contribution in [3.8, 4) is 17.2 Å². The highest BCUT2D eigenvalue weighted by molar-refractivity contribution is 7.80. The lowest BCUT2D eigenvalue weighted by Gasteiger charge is -2.18. The third kappa shape index (κ3) is 4.09. The molecular weight excluding hydrogens is 372 g/mol. The number of carboxylic acid groups (broad SMARTS) is 1. The van der Waals surface area contributed by atoms with Crippen molar-refractivity contribution in [2.24, 2.45) is 0 Å². The Labute approximate surface area is 159 Å². The summed E-state index contributed by atoms with van der Waals surface area (Å²) in [5, 5.41) is 24.1. The minimum Gasteiger partial charge on any atom is -0.507 e. The van der Waals surface area contributed by atoms with Gasteiger partial charge >= 0.3 is 5.97 Å². The zero-order chi connectivity index (χ0) is 19.6. The maximum absolute atomic E-state index is 12.4. The molecule has 0 unspecified atom stereocenters. The van der Waals surface area contributed by atoms with Crippen LogP contribution in [0.5, 0.6) is 17.2 Å². The number of carbonyl (C=O) groups excluding carboxylic acids is 1. The number of aryl methyl sites for hydroxylation is 1. The number of aromatic carboxylic acids is 1. The van der Waals surface area contributed by atoms with Crippen LogP contribution in [-0.4, -0.2) is 40.4 Å². The van der Waals surface area contributed by atoms with Crippen LogP contribution in [0.1, 0.15) is 26.3 Å². The van der Waals surface area contributed by atoms with Crippen molar-refractivity contribution < 1.29 is 29.3 Å². The molecule has 1 heterocycles. The van der Waals surface area contributed by atoms with Crippen LogP contribution in [-0.2, 0) is 0 Å². The Hall–Kier alpha value is -3.33. The van der Waals surface area contributed by atoms with Gasteiger partial charge in [0.2, 0.25) is 0 Å². The van der Waals surface area contributed by atoms with E-state index in [-0.39, 0.29) is 16.4 Å². The monoisotopic (exact) mass is 388 g/mol. The number of phenols is 1. The van der Waals surface area contributed by atoms with E-state index >= 15 is 0 Å². The van der Waals surface area contributed by atoms with Crippen molar-refractivity contribution in [1.82, 2.24) is 5.32 Å². The molecule has 3 rings (SSSR count). The van der Waals surface area contributed by atoms with Gasteiger partial charge in [0, 0.05) is 11.3 Å². The second-order valence-electron chi connectivity index (χ2n) is 5.76. The Morgan fingerprint density at radius 3 is 2.52 bits per heavy atom. The highest BCUT2D eigenvalue weighted by Crippen LogP contribution is 2.30. The molecule has 0 aliphatic carbocycles. The molecule has 8 nitrogen and oxygen atoms in total. The second-order valence-corrected chi connectivity index (χ2v) is 6.17. The van der Waals surface area contributed by atoms with Crippen molar-refractivity contribution >= 4 is 34.9 Å². The molecule has 27 heavy (non-hydrogen) atoms. The number of rotatable bonds is 3. The molecule has 1 aliphatic rings. The van der Waals surface area contributed by atoms with Gasteiger partial charge in [0.25, 0.3) is 5.91 Å². The first kappa shape index (κ1) is 18.5. The van der Waals surface area contributed by atoms with Crippen molar-refractivity contribution in [2.45, 2.75) is 6.92 Å². The van der Waals surface area contributed by atoms with Crippen LogP contribution < -0.4 is 20.1 Å². The number of thiocarbonyl (C=S) groups is 1. The zero-order valence-corrected chi connectivity index (χ0v) is 15.1. The predicted molar refractivity (Wildman–Crippen MR) is 101 cm³/mol. The number of amides is 1. The van der Waals surface area contributed by atoms with E-state index in [1.54, 1.807) is 25.1 Å². The van der Waals surface area contributed by atoms with Crippen LogP contribution in [0.3, 0.4) is 0 Å². The van der Waals surface area contributed by atoms with Crippen LogP contribution in [0.15, 0.2) is 30.3 Å². The third-order valence-corrected chi connectivity index (χ3v) is 4.02. The van der Waals surface area contributed by atoms with E-state index in [2.05, 4.69) is 10.6 Å². The van der Waals surface area contributed by atoms with E-state index in [1.165, 1.54) is 12.1 Å². The maximum Gasteiger partial charge on any atom is 0.339 e. The Morgan fingerprint density at radius 2 is 1.81 bits per heavy atom. The van der Waals surface area contributed by atoms with Gasteiger partial charge in [-0.3, -0.25) is 10.1 Å². The number of hydrogen-bond acceptors (Lipinski definition) is 6. The predicted octanol–water partition coefficient (Wildman–Crippen LogP) is 2.30. The smallest absolute Gasteiger partial charge is 0.339 e. The summed E-state index contributed by atoms with van der Waals surface area (Å²) in [6.07, 6.45) is 0. The lowest BCUT2D eigenvalue weighted by molar-refractivity contribution is 0.0693. The van der Waals surface area contributed by atoms with E-state index < -0.39 is 11.9 Å². The number of carbonyl (C=O) groups is 2. The summed E-state index contributed by atoms with van der Waals surface area (Å²) in [7, 11) is 0.